The lowest BCUT2D eigenvalue weighted by atomic mass is 10.2. The SMILES string of the molecule is CCCN1C(=O)CC(NCc2sccc2CC)C1=O. The molecular weight excluding hydrogens is 260 g/mol. The molecule has 1 aromatic rings. The molecule has 1 atom stereocenters. The highest BCUT2D eigenvalue weighted by molar-refractivity contribution is 7.10. The maximum absolute atomic E-state index is 12.1. The zero-order chi connectivity index (χ0) is 13.8. The van der Waals surface area contributed by atoms with Gasteiger partial charge in [-0.15, -0.1) is 11.3 Å². The summed E-state index contributed by atoms with van der Waals surface area (Å²) in [6, 6.07) is 1.78. The normalized spacial score (nSPS) is 19.5. The van der Waals surface area contributed by atoms with Crippen molar-refractivity contribution in [2.75, 3.05) is 6.54 Å². The summed E-state index contributed by atoms with van der Waals surface area (Å²) in [5.41, 5.74) is 1.32. The lowest BCUT2D eigenvalue weighted by molar-refractivity contribution is -0.138. The monoisotopic (exact) mass is 280 g/mol. The lowest BCUT2D eigenvalue weighted by Gasteiger charge is -2.14. The van der Waals surface area contributed by atoms with Crippen LogP contribution in [0.2, 0.25) is 0 Å². The highest BCUT2D eigenvalue weighted by atomic mass is 32.1. The van der Waals surface area contributed by atoms with Crippen molar-refractivity contribution in [2.45, 2.75) is 45.7 Å². The second-order valence-corrected chi connectivity index (χ2v) is 5.74. The van der Waals surface area contributed by atoms with E-state index in [0.717, 1.165) is 12.8 Å². The number of imide groups is 1. The Labute approximate surface area is 117 Å². The average Bonchev–Trinajstić information content (AvgIpc) is 2.96. The molecule has 0 saturated carbocycles. The van der Waals surface area contributed by atoms with Gasteiger partial charge in [-0.1, -0.05) is 13.8 Å². The predicted molar refractivity (Wildman–Crippen MR) is 76.0 cm³/mol. The molecule has 19 heavy (non-hydrogen) atoms. The maximum Gasteiger partial charge on any atom is 0.246 e. The summed E-state index contributed by atoms with van der Waals surface area (Å²) in [7, 11) is 0. The van der Waals surface area contributed by atoms with Crippen LogP contribution in [0.15, 0.2) is 11.4 Å². The van der Waals surface area contributed by atoms with Crippen LogP contribution in [0.1, 0.15) is 37.1 Å². The average molecular weight is 280 g/mol. The van der Waals surface area contributed by atoms with Crippen LogP contribution in [0.3, 0.4) is 0 Å². The molecule has 0 aliphatic carbocycles. The minimum Gasteiger partial charge on any atom is -0.300 e. The Bertz CT molecular complexity index is 470. The summed E-state index contributed by atoms with van der Waals surface area (Å²) in [6.07, 6.45) is 2.11. The van der Waals surface area contributed by atoms with Crippen LogP contribution in [-0.4, -0.2) is 29.3 Å². The van der Waals surface area contributed by atoms with Crippen molar-refractivity contribution in [2.24, 2.45) is 0 Å². The number of aryl methyl sites for hydroxylation is 1. The molecule has 1 aromatic heterocycles. The summed E-state index contributed by atoms with van der Waals surface area (Å²) in [4.78, 5) is 26.4. The third kappa shape index (κ3) is 3.04. The van der Waals surface area contributed by atoms with Gasteiger partial charge in [0.05, 0.1) is 12.5 Å². The fourth-order valence-electron chi connectivity index (χ4n) is 2.35. The third-order valence-electron chi connectivity index (χ3n) is 3.42. The van der Waals surface area contributed by atoms with Crippen LogP contribution in [0.5, 0.6) is 0 Å². The van der Waals surface area contributed by atoms with E-state index in [2.05, 4.69) is 23.7 Å². The van der Waals surface area contributed by atoms with Crippen molar-refractivity contribution in [1.82, 2.24) is 10.2 Å². The van der Waals surface area contributed by atoms with E-state index in [1.807, 2.05) is 6.92 Å². The molecule has 1 aliphatic heterocycles. The zero-order valence-electron chi connectivity index (χ0n) is 11.4. The van der Waals surface area contributed by atoms with E-state index in [1.54, 1.807) is 11.3 Å². The van der Waals surface area contributed by atoms with Gasteiger partial charge in [-0.05, 0) is 29.9 Å². The van der Waals surface area contributed by atoms with Crippen molar-refractivity contribution >= 4 is 23.2 Å². The standard InChI is InChI=1S/C14H20N2O2S/c1-3-6-16-13(17)8-11(14(16)18)15-9-12-10(4-2)5-7-19-12/h5,7,11,15H,3-4,6,8-9H2,1-2H3. The molecule has 0 spiro atoms. The molecule has 5 heteroatoms. The minimum atomic E-state index is -0.342. The first-order chi connectivity index (χ1) is 9.17. The van der Waals surface area contributed by atoms with E-state index in [0.29, 0.717) is 19.5 Å². The Kier molecular flexibility index (Phi) is 4.71. The van der Waals surface area contributed by atoms with E-state index in [1.165, 1.54) is 15.3 Å². The summed E-state index contributed by atoms with van der Waals surface area (Å²) in [5, 5.41) is 5.30. The van der Waals surface area contributed by atoms with Gasteiger partial charge in [-0.3, -0.25) is 14.5 Å². The molecule has 0 aromatic carbocycles. The molecule has 0 bridgehead atoms. The quantitative estimate of drug-likeness (QED) is 0.810. The van der Waals surface area contributed by atoms with E-state index >= 15 is 0 Å². The number of thiophene rings is 1. The van der Waals surface area contributed by atoms with Crippen molar-refractivity contribution in [3.8, 4) is 0 Å². The van der Waals surface area contributed by atoms with Gasteiger partial charge < -0.3 is 5.32 Å². The molecule has 4 nitrogen and oxygen atoms in total. The van der Waals surface area contributed by atoms with Crippen molar-refractivity contribution in [1.29, 1.82) is 0 Å². The fraction of sp³-hybridized carbons (Fsp3) is 0.571. The molecule has 1 fully saturated rings. The molecule has 2 heterocycles. The van der Waals surface area contributed by atoms with Crippen LogP contribution in [0, 0.1) is 0 Å². The number of amides is 2. The molecule has 2 rings (SSSR count). The van der Waals surface area contributed by atoms with Gasteiger partial charge in [0.15, 0.2) is 0 Å². The maximum atomic E-state index is 12.1. The van der Waals surface area contributed by atoms with Gasteiger partial charge in [0.1, 0.15) is 0 Å². The van der Waals surface area contributed by atoms with E-state index < -0.39 is 0 Å². The van der Waals surface area contributed by atoms with Crippen molar-refractivity contribution < 1.29 is 9.59 Å². The Morgan fingerprint density at radius 3 is 2.89 bits per heavy atom. The Balaban J connectivity index is 1.94. The lowest BCUT2D eigenvalue weighted by Crippen LogP contribution is -2.38. The number of hydrogen-bond donors (Lipinski definition) is 1. The highest BCUT2D eigenvalue weighted by Crippen LogP contribution is 2.19. The molecule has 1 unspecified atom stereocenters. The van der Waals surface area contributed by atoms with Crippen molar-refractivity contribution in [3.63, 3.8) is 0 Å². The molecule has 1 saturated heterocycles. The Hall–Kier alpha value is -1.20. The predicted octanol–water partition coefficient (Wildman–Crippen LogP) is 1.94. The van der Waals surface area contributed by atoms with E-state index in [4.69, 9.17) is 0 Å². The first-order valence-electron chi connectivity index (χ1n) is 6.80. The second kappa shape index (κ2) is 6.30. The number of rotatable bonds is 6. The van der Waals surface area contributed by atoms with E-state index in [-0.39, 0.29) is 17.9 Å². The first-order valence-corrected chi connectivity index (χ1v) is 7.68. The minimum absolute atomic E-state index is 0.0498. The van der Waals surface area contributed by atoms with E-state index in [9.17, 15) is 9.59 Å². The molecular formula is C14H20N2O2S. The number of carbonyl (C=O) groups excluding carboxylic acids is 2. The molecule has 104 valence electrons. The highest BCUT2D eigenvalue weighted by Gasteiger charge is 2.37. The van der Waals surface area contributed by atoms with Crippen LogP contribution in [-0.2, 0) is 22.6 Å². The topological polar surface area (TPSA) is 49.4 Å². The van der Waals surface area contributed by atoms with Crippen LogP contribution in [0.25, 0.3) is 0 Å². The third-order valence-corrected chi connectivity index (χ3v) is 4.38. The van der Waals surface area contributed by atoms with Gasteiger partial charge in [0, 0.05) is 18.0 Å². The number of carbonyl (C=O) groups is 2. The smallest absolute Gasteiger partial charge is 0.246 e. The van der Waals surface area contributed by atoms with Crippen LogP contribution in [0.4, 0.5) is 0 Å². The Morgan fingerprint density at radius 2 is 2.21 bits per heavy atom. The van der Waals surface area contributed by atoms with Gasteiger partial charge in [0.25, 0.3) is 0 Å². The van der Waals surface area contributed by atoms with Crippen LogP contribution < -0.4 is 5.32 Å². The molecule has 0 radical (unpaired) electrons. The zero-order valence-corrected chi connectivity index (χ0v) is 12.3. The van der Waals surface area contributed by atoms with Gasteiger partial charge in [-0.2, -0.15) is 0 Å². The summed E-state index contributed by atoms with van der Waals surface area (Å²) < 4.78 is 0. The van der Waals surface area contributed by atoms with Crippen LogP contribution >= 0.6 is 11.3 Å². The molecule has 1 N–H and O–H groups in total. The number of nitrogens with one attached hydrogen (secondary N) is 1. The largest absolute Gasteiger partial charge is 0.300 e. The summed E-state index contributed by atoms with van der Waals surface area (Å²) >= 11 is 1.70. The van der Waals surface area contributed by atoms with Gasteiger partial charge in [0.2, 0.25) is 11.8 Å². The second-order valence-electron chi connectivity index (χ2n) is 4.74. The summed E-state index contributed by atoms with van der Waals surface area (Å²) in [5.74, 6) is -0.118. The first kappa shape index (κ1) is 14.2. The summed E-state index contributed by atoms with van der Waals surface area (Å²) in [6.45, 7) is 5.30. The number of hydrogen-bond acceptors (Lipinski definition) is 4. The number of nitrogens with zero attached hydrogens (tertiary/aromatic N) is 1. The fourth-order valence-corrected chi connectivity index (χ4v) is 3.28. The van der Waals surface area contributed by atoms with Gasteiger partial charge in [-0.25, -0.2) is 0 Å². The molecule has 2 amide bonds. The van der Waals surface area contributed by atoms with Crippen molar-refractivity contribution in [3.05, 3.63) is 21.9 Å². The van der Waals surface area contributed by atoms with Gasteiger partial charge >= 0.3 is 0 Å². The molecule has 1 aliphatic rings. The Morgan fingerprint density at radius 1 is 1.42 bits per heavy atom. The number of likely N-dealkylation sites (tertiary alicyclic amines) is 1.